The number of carbonyl (C=O) groups is 1. The molecule has 2 N–H and O–H groups in total. The number of aryl methyl sites for hydroxylation is 1. The van der Waals surface area contributed by atoms with Gasteiger partial charge in [-0.3, -0.25) is 9.48 Å². The average Bonchev–Trinajstić information content (AvgIpc) is 3.59. The predicted octanol–water partition coefficient (Wildman–Crippen LogP) is 3.83. The standard InChI is InChI=1S/C19H18N6S.C5H9NO2/c1-2-11-25-12-9-17(24-25)23-19-20-10-8-15(22-19)16-13-26-18(21-16)14-6-4-3-5-7-14;1-6-3-2-4(7)5(6)8/h3-10,12-13H,2,11H2,1H3,(H,20,22,23,24);4,7H,2-3H2,1H3. The van der Waals surface area contributed by atoms with Crippen LogP contribution in [0.5, 0.6) is 0 Å². The highest BCUT2D eigenvalue weighted by Gasteiger charge is 2.26. The van der Waals surface area contributed by atoms with Gasteiger partial charge in [0.2, 0.25) is 5.95 Å². The zero-order valence-corrected chi connectivity index (χ0v) is 19.9. The second-order valence-electron chi connectivity index (χ2n) is 7.82. The first-order valence-electron chi connectivity index (χ1n) is 11.1. The molecular formula is C24H27N7O2S. The van der Waals surface area contributed by atoms with Crippen LogP contribution in [0.1, 0.15) is 19.8 Å². The number of likely N-dealkylation sites (N-methyl/N-ethyl adjacent to an activating group) is 1. The smallest absolute Gasteiger partial charge is 0.251 e. The predicted molar refractivity (Wildman–Crippen MR) is 133 cm³/mol. The average molecular weight is 478 g/mol. The maximum Gasteiger partial charge on any atom is 0.251 e. The van der Waals surface area contributed by atoms with Crippen LogP contribution in [-0.2, 0) is 11.3 Å². The molecule has 10 heteroatoms. The second kappa shape index (κ2) is 11.0. The van der Waals surface area contributed by atoms with Gasteiger partial charge >= 0.3 is 0 Å². The Morgan fingerprint density at radius 1 is 1.15 bits per heavy atom. The molecule has 1 aromatic carbocycles. The lowest BCUT2D eigenvalue weighted by molar-refractivity contribution is -0.133. The normalized spacial score (nSPS) is 15.2. The lowest BCUT2D eigenvalue weighted by Crippen LogP contribution is -2.24. The maximum atomic E-state index is 10.6. The van der Waals surface area contributed by atoms with Crippen molar-refractivity contribution in [2.75, 3.05) is 18.9 Å². The van der Waals surface area contributed by atoms with E-state index in [9.17, 15) is 4.79 Å². The molecule has 3 aromatic heterocycles. The number of aliphatic hydroxyl groups excluding tert-OH is 1. The van der Waals surface area contributed by atoms with Crippen molar-refractivity contribution in [1.29, 1.82) is 0 Å². The minimum absolute atomic E-state index is 0.148. The van der Waals surface area contributed by atoms with Crippen LogP contribution in [0.4, 0.5) is 11.8 Å². The van der Waals surface area contributed by atoms with E-state index in [2.05, 4.69) is 39.4 Å². The van der Waals surface area contributed by atoms with Crippen LogP contribution in [0.3, 0.4) is 0 Å². The molecule has 1 aliphatic heterocycles. The van der Waals surface area contributed by atoms with E-state index in [4.69, 9.17) is 10.1 Å². The number of nitrogens with one attached hydrogen (secondary N) is 1. The summed E-state index contributed by atoms with van der Waals surface area (Å²) in [5.74, 6) is 1.10. The molecule has 1 fully saturated rings. The maximum absolute atomic E-state index is 10.6. The molecule has 4 heterocycles. The molecule has 0 aliphatic carbocycles. The highest BCUT2D eigenvalue weighted by molar-refractivity contribution is 7.13. The number of likely N-dealkylation sites (tertiary alicyclic amines) is 1. The van der Waals surface area contributed by atoms with Crippen molar-refractivity contribution in [3.05, 3.63) is 60.2 Å². The van der Waals surface area contributed by atoms with Gasteiger partial charge in [0.25, 0.3) is 5.91 Å². The molecule has 4 aromatic rings. The van der Waals surface area contributed by atoms with Gasteiger partial charge in [0, 0.05) is 49.5 Å². The number of thiazole rings is 1. The van der Waals surface area contributed by atoms with Crippen molar-refractivity contribution in [2.24, 2.45) is 0 Å². The summed E-state index contributed by atoms with van der Waals surface area (Å²) in [4.78, 5) is 25.7. The second-order valence-corrected chi connectivity index (χ2v) is 8.68. The Bertz CT molecular complexity index is 1210. The van der Waals surface area contributed by atoms with Gasteiger partial charge in [0.1, 0.15) is 16.8 Å². The summed E-state index contributed by atoms with van der Waals surface area (Å²) in [5, 5.41) is 19.4. The van der Waals surface area contributed by atoms with E-state index in [1.807, 2.05) is 46.6 Å². The monoisotopic (exact) mass is 477 g/mol. The third kappa shape index (κ3) is 5.83. The van der Waals surface area contributed by atoms with E-state index in [1.165, 1.54) is 4.90 Å². The van der Waals surface area contributed by atoms with Crippen LogP contribution < -0.4 is 5.32 Å². The number of hydrogen-bond donors (Lipinski definition) is 2. The molecule has 5 rings (SSSR count). The minimum atomic E-state index is -0.722. The first-order valence-corrected chi connectivity index (χ1v) is 12.0. The lowest BCUT2D eigenvalue weighted by Gasteiger charge is -2.04. The Kier molecular flexibility index (Phi) is 7.61. The Morgan fingerprint density at radius 2 is 1.97 bits per heavy atom. The van der Waals surface area contributed by atoms with E-state index in [-0.39, 0.29) is 5.91 Å². The molecule has 0 radical (unpaired) electrons. The Morgan fingerprint density at radius 3 is 2.65 bits per heavy atom. The number of nitrogens with zero attached hydrogens (tertiary/aromatic N) is 6. The summed E-state index contributed by atoms with van der Waals surface area (Å²) in [5.41, 5.74) is 2.74. The summed E-state index contributed by atoms with van der Waals surface area (Å²) in [7, 11) is 1.69. The summed E-state index contributed by atoms with van der Waals surface area (Å²) in [6.07, 6.45) is 4.59. The van der Waals surface area contributed by atoms with Crippen molar-refractivity contribution in [3.63, 3.8) is 0 Å². The summed E-state index contributed by atoms with van der Waals surface area (Å²) in [6.45, 7) is 3.71. The molecule has 176 valence electrons. The SMILES string of the molecule is CCCn1ccc(Nc2nccc(-c3csc(-c4ccccc4)n3)n2)n1.CN1CCC(O)C1=O. The van der Waals surface area contributed by atoms with Gasteiger partial charge in [-0.2, -0.15) is 5.10 Å². The quantitative estimate of drug-likeness (QED) is 0.434. The molecular weight excluding hydrogens is 450 g/mol. The van der Waals surface area contributed by atoms with E-state index in [0.717, 1.165) is 40.7 Å². The van der Waals surface area contributed by atoms with Gasteiger partial charge in [-0.05, 0) is 18.9 Å². The first kappa shape index (κ1) is 23.5. The van der Waals surface area contributed by atoms with Crippen molar-refractivity contribution >= 4 is 29.0 Å². The fraction of sp³-hybridized carbons (Fsp3) is 0.292. The summed E-state index contributed by atoms with van der Waals surface area (Å²) >= 11 is 1.61. The summed E-state index contributed by atoms with van der Waals surface area (Å²) < 4.78 is 1.90. The van der Waals surface area contributed by atoms with Gasteiger partial charge < -0.3 is 15.3 Å². The number of amides is 1. The highest BCUT2D eigenvalue weighted by atomic mass is 32.1. The highest BCUT2D eigenvalue weighted by Crippen LogP contribution is 2.28. The van der Waals surface area contributed by atoms with E-state index >= 15 is 0 Å². The molecule has 0 bridgehead atoms. The van der Waals surface area contributed by atoms with Crippen LogP contribution in [0.25, 0.3) is 22.0 Å². The Balaban J connectivity index is 0.000000291. The third-order valence-corrected chi connectivity index (χ3v) is 6.07. The number of carbonyl (C=O) groups excluding carboxylic acids is 1. The van der Waals surface area contributed by atoms with Crippen LogP contribution in [0.2, 0.25) is 0 Å². The molecule has 1 atom stereocenters. The molecule has 9 nitrogen and oxygen atoms in total. The number of aliphatic hydroxyl groups is 1. The molecule has 1 unspecified atom stereocenters. The molecule has 1 saturated heterocycles. The third-order valence-electron chi connectivity index (χ3n) is 5.18. The minimum Gasteiger partial charge on any atom is -0.383 e. The van der Waals surface area contributed by atoms with Crippen LogP contribution in [0, 0.1) is 0 Å². The van der Waals surface area contributed by atoms with Crippen molar-refractivity contribution in [1.82, 2.24) is 29.6 Å². The van der Waals surface area contributed by atoms with Crippen LogP contribution >= 0.6 is 11.3 Å². The Hall–Kier alpha value is -3.63. The van der Waals surface area contributed by atoms with E-state index in [0.29, 0.717) is 18.9 Å². The van der Waals surface area contributed by atoms with Gasteiger partial charge in [-0.1, -0.05) is 37.3 Å². The van der Waals surface area contributed by atoms with Crippen LogP contribution in [-0.4, -0.2) is 60.3 Å². The topological polar surface area (TPSA) is 109 Å². The zero-order valence-electron chi connectivity index (χ0n) is 19.1. The van der Waals surface area contributed by atoms with Gasteiger partial charge in [0.05, 0.1) is 5.69 Å². The van der Waals surface area contributed by atoms with Gasteiger partial charge in [-0.15, -0.1) is 11.3 Å². The van der Waals surface area contributed by atoms with Gasteiger partial charge in [-0.25, -0.2) is 15.0 Å². The fourth-order valence-corrected chi connectivity index (χ4v) is 4.19. The molecule has 1 aliphatic rings. The lowest BCUT2D eigenvalue weighted by atomic mass is 10.2. The molecule has 1 amide bonds. The number of anilines is 2. The summed E-state index contributed by atoms with van der Waals surface area (Å²) in [6, 6.07) is 13.9. The molecule has 34 heavy (non-hydrogen) atoms. The first-order chi connectivity index (χ1) is 16.5. The van der Waals surface area contributed by atoms with Crippen molar-refractivity contribution in [3.8, 4) is 22.0 Å². The zero-order chi connectivity index (χ0) is 23.9. The Labute approximate surface area is 202 Å². The molecule has 0 spiro atoms. The fourth-order valence-electron chi connectivity index (χ4n) is 3.37. The van der Waals surface area contributed by atoms with E-state index < -0.39 is 6.10 Å². The van der Waals surface area contributed by atoms with Crippen molar-refractivity contribution < 1.29 is 9.90 Å². The number of rotatable bonds is 6. The number of aromatic nitrogens is 5. The largest absolute Gasteiger partial charge is 0.383 e. The van der Waals surface area contributed by atoms with Gasteiger partial charge in [0.15, 0.2) is 5.82 Å². The number of hydrogen-bond acceptors (Lipinski definition) is 8. The van der Waals surface area contributed by atoms with Crippen molar-refractivity contribution in [2.45, 2.75) is 32.4 Å². The molecule has 0 saturated carbocycles. The van der Waals surface area contributed by atoms with Crippen LogP contribution in [0.15, 0.2) is 60.2 Å². The number of benzene rings is 1. The van der Waals surface area contributed by atoms with E-state index in [1.54, 1.807) is 24.6 Å².